The molecule has 5 rings (SSSR count). The summed E-state index contributed by atoms with van der Waals surface area (Å²) in [4.78, 5) is 149. The molecule has 2 aromatic carbocycles. The Kier molecular flexibility index (Phi) is 27.2. The molecule has 0 radical (unpaired) electrons. The van der Waals surface area contributed by atoms with Gasteiger partial charge in [-0.05, 0) is 107 Å². The molecule has 2 heterocycles. The van der Waals surface area contributed by atoms with Gasteiger partial charge in [-0.15, -0.1) is 11.8 Å². The van der Waals surface area contributed by atoms with Gasteiger partial charge in [-0.2, -0.15) is 0 Å². The number of benzene rings is 2. The highest BCUT2D eigenvalue weighted by Crippen LogP contribution is 2.32. The highest BCUT2D eigenvalue weighted by molar-refractivity contribution is 8.01. The molecule has 3 fully saturated rings. The smallest absolute Gasteiger partial charge is 0.246 e. The zero-order chi connectivity index (χ0) is 64.3. The van der Waals surface area contributed by atoms with Gasteiger partial charge in [0.2, 0.25) is 59.1 Å². The first kappa shape index (κ1) is 71.2. The number of likely N-dealkylation sites (N-methyl/N-ethyl adjacent to an activating group) is 1. The fourth-order valence-electron chi connectivity index (χ4n) is 11.8. The van der Waals surface area contributed by atoms with E-state index < -0.39 is 130 Å². The van der Waals surface area contributed by atoms with Crippen LogP contribution in [0.1, 0.15) is 165 Å². The van der Waals surface area contributed by atoms with Gasteiger partial charge in [-0.25, -0.2) is 0 Å². The lowest BCUT2D eigenvalue weighted by molar-refractivity contribution is -0.148. The number of thioether (sulfide) groups is 1. The molecular weight excluding hydrogens is 1120 g/mol. The molecule has 87 heavy (non-hydrogen) atoms. The number of hydrogen-bond donors (Lipinski definition) is 8. The molecule has 2 aromatic rings. The van der Waals surface area contributed by atoms with Crippen LogP contribution in [0.3, 0.4) is 0 Å². The van der Waals surface area contributed by atoms with Crippen molar-refractivity contribution in [2.24, 2.45) is 29.6 Å². The van der Waals surface area contributed by atoms with Gasteiger partial charge in [0.15, 0.2) is 0 Å². The topological polar surface area (TPSA) is 273 Å². The minimum Gasteiger partial charge on any atom is -0.353 e. The van der Waals surface area contributed by atoms with Crippen molar-refractivity contribution < 1.29 is 47.9 Å². The Morgan fingerprint density at radius 1 is 0.529 bits per heavy atom. The number of carbonyl (C=O) groups excluding carboxylic acids is 10. The van der Waals surface area contributed by atoms with Crippen LogP contribution in [-0.4, -0.2) is 153 Å². The Bertz CT molecular complexity index is 2670. The minimum atomic E-state index is -1.46. The van der Waals surface area contributed by atoms with Crippen LogP contribution >= 0.6 is 11.8 Å². The van der Waals surface area contributed by atoms with E-state index in [1.54, 1.807) is 48.5 Å². The number of amides is 10. The summed E-state index contributed by atoms with van der Waals surface area (Å²) in [5, 5.41) is 23.4. The second-order valence-electron chi connectivity index (χ2n) is 26.6. The maximum Gasteiger partial charge on any atom is 0.246 e. The SMILES string of the molecule is CC(C)C[C@@H]1NC(=O)[C@H](C(C)C)NC(=O)[C@]2(C)CCCN2C(=O)[C@H](C(C)C)NC(=O)[C@H](Cc2ccccc2)NC(=O)C(C)(C)SCCNC(=O)[C@H](C)NC(=O)[C@H](Cc2ccccc2)N(C)C(=O)[C@H](CC(C)C)NC(=O)[C@H](CCC2CCCCC2)NC1=O. The Morgan fingerprint density at radius 2 is 1.07 bits per heavy atom. The summed E-state index contributed by atoms with van der Waals surface area (Å²) in [7, 11) is 1.50. The molecule has 0 spiro atoms. The van der Waals surface area contributed by atoms with E-state index in [0.29, 0.717) is 18.8 Å². The highest BCUT2D eigenvalue weighted by Gasteiger charge is 2.49. The Balaban J connectivity index is 1.55. The summed E-state index contributed by atoms with van der Waals surface area (Å²) in [5.41, 5.74) is 0.0413. The molecule has 9 atom stereocenters. The molecule has 0 aromatic heterocycles. The van der Waals surface area contributed by atoms with Crippen LogP contribution in [0.25, 0.3) is 0 Å². The van der Waals surface area contributed by atoms with Gasteiger partial charge >= 0.3 is 0 Å². The normalized spacial score (nSPS) is 27.4. The van der Waals surface area contributed by atoms with E-state index in [1.165, 1.54) is 35.5 Å². The van der Waals surface area contributed by atoms with Crippen LogP contribution in [0.2, 0.25) is 0 Å². The maximum atomic E-state index is 15.0. The maximum absolute atomic E-state index is 15.0. The predicted octanol–water partition coefficient (Wildman–Crippen LogP) is 5.50. The second kappa shape index (κ2) is 33.2. The van der Waals surface area contributed by atoms with E-state index >= 15 is 0 Å². The number of nitrogens with zero attached hydrogens (tertiary/aromatic N) is 2. The molecule has 482 valence electrons. The van der Waals surface area contributed by atoms with Gasteiger partial charge in [0.25, 0.3) is 0 Å². The Labute approximate surface area is 521 Å². The lowest BCUT2D eigenvalue weighted by Crippen LogP contribution is -2.64. The fourth-order valence-corrected chi connectivity index (χ4v) is 12.7. The lowest BCUT2D eigenvalue weighted by Gasteiger charge is -2.38. The molecule has 0 bridgehead atoms. The molecular formula is C66H102N10O10S. The first-order valence-corrected chi connectivity index (χ1v) is 32.7. The van der Waals surface area contributed by atoms with Gasteiger partial charge in [0, 0.05) is 38.7 Å². The third-order valence-corrected chi connectivity index (χ3v) is 18.5. The van der Waals surface area contributed by atoms with Gasteiger partial charge < -0.3 is 52.3 Å². The van der Waals surface area contributed by atoms with Crippen molar-refractivity contribution in [3.8, 4) is 0 Å². The first-order chi connectivity index (χ1) is 41.0. The quantitative estimate of drug-likeness (QED) is 0.124. The third-order valence-electron chi connectivity index (χ3n) is 17.2. The van der Waals surface area contributed by atoms with E-state index in [-0.39, 0.29) is 69.2 Å². The van der Waals surface area contributed by atoms with Gasteiger partial charge in [-0.1, -0.05) is 148 Å². The Hall–Kier alpha value is -6.51. The fraction of sp³-hybridized carbons (Fsp3) is 0.667. The molecule has 0 unspecified atom stereocenters. The van der Waals surface area contributed by atoms with Crippen molar-refractivity contribution in [2.45, 2.75) is 225 Å². The zero-order valence-electron chi connectivity index (χ0n) is 54.0. The molecule has 2 saturated heterocycles. The van der Waals surface area contributed by atoms with Crippen molar-refractivity contribution in [2.75, 3.05) is 25.9 Å². The van der Waals surface area contributed by atoms with E-state index in [1.807, 2.05) is 88.4 Å². The summed E-state index contributed by atoms with van der Waals surface area (Å²) < 4.78 is -1.13. The van der Waals surface area contributed by atoms with E-state index in [9.17, 15) is 47.9 Å². The predicted molar refractivity (Wildman–Crippen MR) is 339 cm³/mol. The monoisotopic (exact) mass is 1230 g/mol. The van der Waals surface area contributed by atoms with Crippen LogP contribution < -0.4 is 42.5 Å². The van der Waals surface area contributed by atoms with Crippen molar-refractivity contribution in [3.63, 3.8) is 0 Å². The summed E-state index contributed by atoms with van der Waals surface area (Å²) in [6, 6.07) is 9.24. The van der Waals surface area contributed by atoms with E-state index in [2.05, 4.69) is 42.5 Å². The van der Waals surface area contributed by atoms with E-state index in [0.717, 1.165) is 43.2 Å². The number of fused-ring (bicyclic) bond motifs is 1. The van der Waals surface area contributed by atoms with Crippen molar-refractivity contribution >= 4 is 70.8 Å². The number of nitrogens with one attached hydrogen (secondary N) is 8. The summed E-state index contributed by atoms with van der Waals surface area (Å²) in [6.45, 7) is 21.6. The molecule has 3 aliphatic rings. The van der Waals surface area contributed by atoms with Crippen LogP contribution in [0.5, 0.6) is 0 Å². The summed E-state index contributed by atoms with van der Waals surface area (Å²) in [6.07, 6.45) is 7.31. The molecule has 1 saturated carbocycles. The van der Waals surface area contributed by atoms with Crippen molar-refractivity contribution in [3.05, 3.63) is 71.8 Å². The van der Waals surface area contributed by atoms with Crippen LogP contribution in [-0.2, 0) is 60.8 Å². The standard InChI is InChI=1S/C66H102N10O10S/c1-40(2)36-49-57(79)69-48(31-30-45-24-17-14-18-25-45)56(78)71-51(37-41(3)4)61(83)75(13)52(39-47-28-21-16-22-29-47)59(81)68-44(9)55(77)67-33-35-87-65(10,11)63(85)72-50(38-46-26-19-15-20-27-46)58(80)73-54(43(7)8)62(84)76-34-23-32-66(76,12)64(86)74-53(42(5)6)60(82)70-49/h15-16,19-22,26-29,40-45,48-54H,14,17-18,23-25,30-39H2,1-13H3,(H,67,77)(H,68,81)(H,69,79)(H,70,82)(H,71,78)(H,72,85)(H,73,80)(H,74,86)/t44-,48-,49-,50-,51-,52-,53-,54-,66-/m0/s1. The van der Waals surface area contributed by atoms with Gasteiger partial charge in [0.1, 0.15) is 53.9 Å². The number of carbonyl (C=O) groups is 10. The van der Waals surface area contributed by atoms with Gasteiger partial charge in [-0.3, -0.25) is 47.9 Å². The van der Waals surface area contributed by atoms with Crippen molar-refractivity contribution in [1.29, 1.82) is 0 Å². The van der Waals surface area contributed by atoms with Crippen molar-refractivity contribution in [1.82, 2.24) is 52.3 Å². The average molecular weight is 1230 g/mol. The molecule has 20 nitrogen and oxygen atoms in total. The highest BCUT2D eigenvalue weighted by atomic mass is 32.2. The second-order valence-corrected chi connectivity index (χ2v) is 28.3. The summed E-state index contributed by atoms with van der Waals surface area (Å²) in [5.74, 6) is -6.31. The third kappa shape index (κ3) is 20.8. The zero-order valence-corrected chi connectivity index (χ0v) is 54.8. The minimum absolute atomic E-state index is 0.0752. The molecule has 10 amide bonds. The number of hydrogen-bond acceptors (Lipinski definition) is 11. The van der Waals surface area contributed by atoms with E-state index in [4.69, 9.17) is 0 Å². The molecule has 8 N–H and O–H groups in total. The largest absolute Gasteiger partial charge is 0.353 e. The number of rotatable bonds is 13. The summed E-state index contributed by atoms with van der Waals surface area (Å²) >= 11 is 1.24. The lowest BCUT2D eigenvalue weighted by atomic mass is 9.85. The van der Waals surface area contributed by atoms with Crippen LogP contribution in [0.15, 0.2) is 60.7 Å². The average Bonchev–Trinajstić information content (AvgIpc) is 2.31. The van der Waals surface area contributed by atoms with Crippen LogP contribution in [0.4, 0.5) is 0 Å². The van der Waals surface area contributed by atoms with Crippen LogP contribution in [0, 0.1) is 29.6 Å². The Morgan fingerprint density at radius 3 is 1.66 bits per heavy atom. The van der Waals surface area contributed by atoms with Gasteiger partial charge in [0.05, 0.1) is 4.75 Å². The molecule has 2 aliphatic heterocycles. The molecule has 1 aliphatic carbocycles. The molecule has 21 heteroatoms. The first-order valence-electron chi connectivity index (χ1n) is 31.7.